The maximum Gasteiger partial charge on any atom is 0.310 e. The smallest absolute Gasteiger partial charge is 0.310 e. The monoisotopic (exact) mass is 253 g/mol. The van der Waals surface area contributed by atoms with Crippen molar-refractivity contribution in [2.75, 3.05) is 0 Å². The molecule has 1 aromatic heterocycles. The third kappa shape index (κ3) is 3.19. The molecule has 0 aliphatic heterocycles. The highest BCUT2D eigenvalue weighted by Crippen LogP contribution is 2.48. The number of nitrogens with zero attached hydrogens (tertiary/aromatic N) is 1. The van der Waals surface area contributed by atoms with Crippen LogP contribution < -0.4 is 0 Å². The molecule has 0 amide bonds. The van der Waals surface area contributed by atoms with Gasteiger partial charge in [-0.3, -0.25) is 4.79 Å². The van der Waals surface area contributed by atoms with Crippen LogP contribution in [0.15, 0.2) is 18.3 Å². The Bertz CT molecular complexity index is 422. The Morgan fingerprint density at radius 3 is 2.71 bits per heavy atom. The van der Waals surface area contributed by atoms with Crippen LogP contribution in [0.5, 0.6) is 0 Å². The third-order valence-electron chi connectivity index (χ3n) is 2.68. The summed E-state index contributed by atoms with van der Waals surface area (Å²) in [5.74, 6) is 0.115. The van der Waals surface area contributed by atoms with Gasteiger partial charge in [0.1, 0.15) is 10.8 Å². The second-order valence-corrected chi connectivity index (χ2v) is 5.78. The van der Waals surface area contributed by atoms with E-state index in [1.165, 1.54) is 0 Å². The summed E-state index contributed by atoms with van der Waals surface area (Å²) < 4.78 is 5.35. The number of ether oxygens (including phenoxy) is 1. The van der Waals surface area contributed by atoms with E-state index in [9.17, 15) is 4.79 Å². The molecule has 2 atom stereocenters. The zero-order valence-corrected chi connectivity index (χ0v) is 11.0. The van der Waals surface area contributed by atoms with Crippen molar-refractivity contribution in [1.29, 1.82) is 0 Å². The van der Waals surface area contributed by atoms with Crippen molar-refractivity contribution in [2.45, 2.75) is 38.7 Å². The van der Waals surface area contributed by atoms with Crippen LogP contribution in [0, 0.1) is 5.92 Å². The van der Waals surface area contributed by atoms with Gasteiger partial charge in [0.25, 0.3) is 0 Å². The quantitative estimate of drug-likeness (QED) is 0.600. The number of halogens is 1. The lowest BCUT2D eigenvalue weighted by molar-refractivity contribution is -0.156. The lowest BCUT2D eigenvalue weighted by atomic mass is 10.1. The van der Waals surface area contributed by atoms with E-state index in [1.807, 2.05) is 26.8 Å². The molecule has 0 aromatic carbocycles. The van der Waals surface area contributed by atoms with E-state index >= 15 is 0 Å². The van der Waals surface area contributed by atoms with Gasteiger partial charge in [0.2, 0.25) is 0 Å². The molecule has 0 bridgehead atoms. The van der Waals surface area contributed by atoms with E-state index < -0.39 is 5.60 Å². The minimum Gasteiger partial charge on any atom is -0.460 e. The Morgan fingerprint density at radius 2 is 2.18 bits per heavy atom. The molecule has 1 aliphatic rings. The molecule has 2 rings (SSSR count). The maximum absolute atomic E-state index is 11.8. The van der Waals surface area contributed by atoms with Crippen LogP contribution in [0.1, 0.15) is 38.7 Å². The first-order valence-electron chi connectivity index (χ1n) is 5.71. The molecule has 1 saturated carbocycles. The van der Waals surface area contributed by atoms with E-state index in [4.69, 9.17) is 16.3 Å². The van der Waals surface area contributed by atoms with Crippen LogP contribution in [0.25, 0.3) is 0 Å². The summed E-state index contributed by atoms with van der Waals surface area (Å²) >= 11 is 5.72. The van der Waals surface area contributed by atoms with Crippen LogP contribution in [0.2, 0.25) is 5.15 Å². The molecule has 0 saturated heterocycles. The molecule has 92 valence electrons. The Kier molecular flexibility index (Phi) is 3.13. The summed E-state index contributed by atoms with van der Waals surface area (Å²) in [4.78, 5) is 15.8. The Morgan fingerprint density at radius 1 is 1.47 bits per heavy atom. The van der Waals surface area contributed by atoms with Crippen molar-refractivity contribution in [3.05, 3.63) is 29.0 Å². The number of hydrogen-bond donors (Lipinski definition) is 0. The molecule has 4 heteroatoms. The molecule has 0 spiro atoms. The average Bonchev–Trinajstić information content (AvgIpc) is 2.96. The van der Waals surface area contributed by atoms with Crippen molar-refractivity contribution in [1.82, 2.24) is 4.98 Å². The van der Waals surface area contributed by atoms with E-state index in [0.717, 1.165) is 12.0 Å². The summed E-state index contributed by atoms with van der Waals surface area (Å²) in [7, 11) is 0. The fraction of sp³-hybridized carbons (Fsp3) is 0.538. The lowest BCUT2D eigenvalue weighted by Gasteiger charge is -2.19. The predicted octanol–water partition coefficient (Wildman–Crippen LogP) is 3.18. The molecular formula is C13H16ClNO2. The SMILES string of the molecule is CC(C)(C)OC(=O)C1CC1c1ccc(Cl)nc1. The van der Waals surface area contributed by atoms with Crippen LogP contribution in [0.3, 0.4) is 0 Å². The fourth-order valence-electron chi connectivity index (χ4n) is 1.81. The predicted molar refractivity (Wildman–Crippen MR) is 65.9 cm³/mol. The van der Waals surface area contributed by atoms with Gasteiger partial charge >= 0.3 is 5.97 Å². The first-order valence-corrected chi connectivity index (χ1v) is 6.09. The van der Waals surface area contributed by atoms with Gasteiger partial charge < -0.3 is 4.74 Å². The van der Waals surface area contributed by atoms with E-state index in [2.05, 4.69) is 4.98 Å². The van der Waals surface area contributed by atoms with Crippen molar-refractivity contribution >= 4 is 17.6 Å². The van der Waals surface area contributed by atoms with Gasteiger partial charge in [0.15, 0.2) is 0 Å². The van der Waals surface area contributed by atoms with Gasteiger partial charge in [-0.05, 0) is 44.7 Å². The topological polar surface area (TPSA) is 39.2 Å². The third-order valence-corrected chi connectivity index (χ3v) is 2.90. The number of aromatic nitrogens is 1. The van der Waals surface area contributed by atoms with Crippen LogP contribution in [-0.4, -0.2) is 16.6 Å². The van der Waals surface area contributed by atoms with Gasteiger partial charge in [-0.1, -0.05) is 17.7 Å². The summed E-state index contributed by atoms with van der Waals surface area (Å²) in [6.45, 7) is 5.64. The standard InChI is InChI=1S/C13H16ClNO2/c1-13(2,3)17-12(16)10-6-9(10)8-4-5-11(14)15-7-8/h4-5,7,9-10H,6H2,1-3H3. The molecule has 2 unspecified atom stereocenters. The first-order chi connectivity index (χ1) is 7.87. The minimum absolute atomic E-state index is 0.0165. The highest BCUT2D eigenvalue weighted by atomic mass is 35.5. The molecule has 1 aliphatic carbocycles. The molecular weight excluding hydrogens is 238 g/mol. The molecule has 0 N–H and O–H groups in total. The molecule has 1 heterocycles. The van der Waals surface area contributed by atoms with Crippen LogP contribution in [0.4, 0.5) is 0 Å². The lowest BCUT2D eigenvalue weighted by Crippen LogP contribution is -2.25. The second kappa shape index (κ2) is 4.30. The van der Waals surface area contributed by atoms with Gasteiger partial charge in [-0.2, -0.15) is 0 Å². The van der Waals surface area contributed by atoms with Crippen LogP contribution >= 0.6 is 11.6 Å². The van der Waals surface area contributed by atoms with E-state index in [-0.39, 0.29) is 17.8 Å². The van der Waals surface area contributed by atoms with Gasteiger partial charge in [0, 0.05) is 6.20 Å². The maximum atomic E-state index is 11.8. The molecule has 1 fully saturated rings. The Hall–Kier alpha value is -1.09. The number of hydrogen-bond acceptors (Lipinski definition) is 3. The van der Waals surface area contributed by atoms with Gasteiger partial charge in [-0.25, -0.2) is 4.98 Å². The van der Waals surface area contributed by atoms with Crippen molar-refractivity contribution in [2.24, 2.45) is 5.92 Å². The molecule has 17 heavy (non-hydrogen) atoms. The van der Waals surface area contributed by atoms with E-state index in [0.29, 0.717) is 5.15 Å². The normalized spacial score (nSPS) is 23.3. The summed E-state index contributed by atoms with van der Waals surface area (Å²) in [6, 6.07) is 3.67. The summed E-state index contributed by atoms with van der Waals surface area (Å²) in [6.07, 6.45) is 2.58. The summed E-state index contributed by atoms with van der Waals surface area (Å²) in [5, 5.41) is 0.475. The number of pyridine rings is 1. The van der Waals surface area contributed by atoms with Gasteiger partial charge in [0.05, 0.1) is 5.92 Å². The highest BCUT2D eigenvalue weighted by Gasteiger charge is 2.46. The highest BCUT2D eigenvalue weighted by molar-refractivity contribution is 6.29. The number of carbonyl (C=O) groups excluding carboxylic acids is 1. The fourth-order valence-corrected chi connectivity index (χ4v) is 1.92. The molecule has 0 radical (unpaired) electrons. The van der Waals surface area contributed by atoms with E-state index in [1.54, 1.807) is 12.3 Å². The zero-order valence-electron chi connectivity index (χ0n) is 10.2. The first kappa shape index (κ1) is 12.4. The van der Waals surface area contributed by atoms with Crippen molar-refractivity contribution in [3.8, 4) is 0 Å². The number of esters is 1. The van der Waals surface area contributed by atoms with Crippen LogP contribution in [-0.2, 0) is 9.53 Å². The Balaban J connectivity index is 1.96. The summed E-state index contributed by atoms with van der Waals surface area (Å²) in [5.41, 5.74) is 0.646. The number of carbonyl (C=O) groups is 1. The largest absolute Gasteiger partial charge is 0.460 e. The Labute approximate surface area is 106 Å². The molecule has 3 nitrogen and oxygen atoms in total. The molecule has 1 aromatic rings. The minimum atomic E-state index is -0.414. The van der Waals surface area contributed by atoms with Crippen molar-refractivity contribution < 1.29 is 9.53 Å². The number of rotatable bonds is 2. The van der Waals surface area contributed by atoms with Crippen molar-refractivity contribution in [3.63, 3.8) is 0 Å². The average molecular weight is 254 g/mol. The zero-order chi connectivity index (χ0) is 12.6. The van der Waals surface area contributed by atoms with Gasteiger partial charge in [-0.15, -0.1) is 0 Å². The second-order valence-electron chi connectivity index (χ2n) is 5.40.